The maximum atomic E-state index is 13.8. The summed E-state index contributed by atoms with van der Waals surface area (Å²) in [7, 11) is 1.97. The van der Waals surface area contributed by atoms with Crippen molar-refractivity contribution in [2.75, 3.05) is 7.05 Å². The summed E-state index contributed by atoms with van der Waals surface area (Å²) < 4.78 is 14.6. The van der Waals surface area contributed by atoms with Crippen molar-refractivity contribution in [3.63, 3.8) is 0 Å². The van der Waals surface area contributed by atoms with Crippen molar-refractivity contribution in [2.24, 2.45) is 11.8 Å². The summed E-state index contributed by atoms with van der Waals surface area (Å²) in [6.45, 7) is 2.27. The summed E-state index contributed by atoms with van der Waals surface area (Å²) in [6.07, 6.45) is 3.44. The van der Waals surface area contributed by atoms with E-state index in [0.717, 1.165) is 22.4 Å². The molecule has 1 fully saturated rings. The van der Waals surface area contributed by atoms with Gasteiger partial charge in [0.25, 0.3) is 0 Å². The van der Waals surface area contributed by atoms with Crippen LogP contribution < -0.4 is 5.32 Å². The van der Waals surface area contributed by atoms with Crippen molar-refractivity contribution < 1.29 is 4.39 Å². The van der Waals surface area contributed by atoms with Crippen LogP contribution in [0, 0.1) is 17.7 Å². The van der Waals surface area contributed by atoms with E-state index in [1.807, 2.05) is 19.2 Å². The molecular weight excluding hydrogens is 281 g/mol. The fourth-order valence-corrected chi connectivity index (χ4v) is 2.76. The number of likely N-dealkylation sites (N-methyl/N-ethyl adjacent to an activating group) is 1. The van der Waals surface area contributed by atoms with Crippen molar-refractivity contribution in [3.05, 3.63) is 34.1 Å². The number of hydrogen-bond donors (Lipinski definition) is 1. The minimum Gasteiger partial charge on any atom is -0.316 e. The van der Waals surface area contributed by atoms with Gasteiger partial charge in [0.1, 0.15) is 5.82 Å². The van der Waals surface area contributed by atoms with Crippen LogP contribution in [-0.2, 0) is 6.42 Å². The SMILES string of the molecule is CNC(Cc1ccc(Br)cc1F)C(C)C1CC1. The Morgan fingerprint density at radius 1 is 1.47 bits per heavy atom. The van der Waals surface area contributed by atoms with E-state index in [9.17, 15) is 4.39 Å². The van der Waals surface area contributed by atoms with Gasteiger partial charge in [-0.2, -0.15) is 0 Å². The number of benzene rings is 1. The molecular formula is C14H19BrFN. The zero-order chi connectivity index (χ0) is 12.4. The van der Waals surface area contributed by atoms with Crippen molar-refractivity contribution >= 4 is 15.9 Å². The molecule has 0 spiro atoms. The second-order valence-electron chi connectivity index (χ2n) is 5.03. The Morgan fingerprint density at radius 3 is 2.71 bits per heavy atom. The minimum absolute atomic E-state index is 0.109. The van der Waals surface area contributed by atoms with Crippen LogP contribution in [0.15, 0.2) is 22.7 Å². The van der Waals surface area contributed by atoms with Crippen LogP contribution in [0.5, 0.6) is 0 Å². The Kier molecular flexibility index (Phi) is 4.21. The molecule has 1 aromatic rings. The molecule has 1 aromatic carbocycles. The molecule has 2 atom stereocenters. The summed E-state index contributed by atoms with van der Waals surface area (Å²) in [5, 5.41) is 3.34. The van der Waals surface area contributed by atoms with Crippen molar-refractivity contribution in [1.82, 2.24) is 5.32 Å². The lowest BCUT2D eigenvalue weighted by Crippen LogP contribution is -2.35. The maximum Gasteiger partial charge on any atom is 0.127 e. The van der Waals surface area contributed by atoms with E-state index in [-0.39, 0.29) is 5.82 Å². The zero-order valence-corrected chi connectivity index (χ0v) is 11.9. The average Bonchev–Trinajstić information content (AvgIpc) is 3.11. The summed E-state index contributed by atoms with van der Waals surface area (Å²) in [6, 6.07) is 5.71. The molecule has 0 aromatic heterocycles. The lowest BCUT2D eigenvalue weighted by Gasteiger charge is -2.23. The first-order chi connectivity index (χ1) is 8.11. The van der Waals surface area contributed by atoms with Crippen LogP contribution in [0.1, 0.15) is 25.3 Å². The van der Waals surface area contributed by atoms with Gasteiger partial charge in [0.15, 0.2) is 0 Å². The highest BCUT2D eigenvalue weighted by atomic mass is 79.9. The monoisotopic (exact) mass is 299 g/mol. The van der Waals surface area contributed by atoms with E-state index in [4.69, 9.17) is 0 Å². The molecule has 94 valence electrons. The first-order valence-electron chi connectivity index (χ1n) is 6.23. The van der Waals surface area contributed by atoms with Crippen LogP contribution in [0.3, 0.4) is 0 Å². The van der Waals surface area contributed by atoms with Gasteiger partial charge in [0, 0.05) is 10.5 Å². The Bertz CT molecular complexity index is 390. The lowest BCUT2D eigenvalue weighted by atomic mass is 9.91. The zero-order valence-electron chi connectivity index (χ0n) is 10.3. The molecule has 0 heterocycles. The fourth-order valence-electron chi connectivity index (χ4n) is 2.43. The van der Waals surface area contributed by atoms with Crippen LogP contribution in [0.4, 0.5) is 4.39 Å². The van der Waals surface area contributed by atoms with E-state index in [1.165, 1.54) is 12.8 Å². The second-order valence-corrected chi connectivity index (χ2v) is 5.95. The molecule has 1 N–H and O–H groups in total. The topological polar surface area (TPSA) is 12.0 Å². The third-order valence-corrected chi connectivity index (χ3v) is 4.32. The molecule has 1 saturated carbocycles. The maximum absolute atomic E-state index is 13.8. The van der Waals surface area contributed by atoms with Gasteiger partial charge in [-0.05, 0) is 55.8 Å². The Labute approximate surface area is 111 Å². The molecule has 1 aliphatic rings. The summed E-state index contributed by atoms with van der Waals surface area (Å²) in [5.74, 6) is 1.36. The molecule has 0 radical (unpaired) electrons. The number of hydrogen-bond acceptors (Lipinski definition) is 1. The summed E-state index contributed by atoms with van der Waals surface area (Å²) in [4.78, 5) is 0. The molecule has 2 unspecified atom stereocenters. The Balaban J connectivity index is 2.06. The highest BCUT2D eigenvalue weighted by Gasteiger charge is 2.32. The second kappa shape index (κ2) is 5.49. The van der Waals surface area contributed by atoms with Gasteiger partial charge in [-0.25, -0.2) is 4.39 Å². The molecule has 0 aliphatic heterocycles. The predicted octanol–water partition coefficient (Wildman–Crippen LogP) is 3.76. The van der Waals surface area contributed by atoms with Gasteiger partial charge in [-0.3, -0.25) is 0 Å². The minimum atomic E-state index is -0.109. The highest BCUT2D eigenvalue weighted by molar-refractivity contribution is 9.10. The van der Waals surface area contributed by atoms with E-state index < -0.39 is 0 Å². The van der Waals surface area contributed by atoms with Crippen LogP contribution >= 0.6 is 15.9 Å². The number of nitrogens with one attached hydrogen (secondary N) is 1. The number of rotatable bonds is 5. The van der Waals surface area contributed by atoms with Gasteiger partial charge >= 0.3 is 0 Å². The van der Waals surface area contributed by atoms with Gasteiger partial charge in [0.2, 0.25) is 0 Å². The summed E-state index contributed by atoms with van der Waals surface area (Å²) in [5.41, 5.74) is 0.806. The molecule has 0 amide bonds. The number of halogens is 2. The smallest absolute Gasteiger partial charge is 0.127 e. The third kappa shape index (κ3) is 3.29. The van der Waals surface area contributed by atoms with Crippen molar-refractivity contribution in [3.8, 4) is 0 Å². The normalized spacial score (nSPS) is 19.1. The quantitative estimate of drug-likeness (QED) is 0.873. The summed E-state index contributed by atoms with van der Waals surface area (Å²) >= 11 is 3.29. The molecule has 0 bridgehead atoms. The molecule has 2 rings (SSSR count). The molecule has 17 heavy (non-hydrogen) atoms. The van der Waals surface area contributed by atoms with Crippen molar-refractivity contribution in [1.29, 1.82) is 0 Å². The van der Waals surface area contributed by atoms with E-state index in [1.54, 1.807) is 6.07 Å². The Morgan fingerprint density at radius 2 is 2.18 bits per heavy atom. The third-order valence-electron chi connectivity index (χ3n) is 3.83. The first-order valence-corrected chi connectivity index (χ1v) is 7.02. The van der Waals surface area contributed by atoms with E-state index in [2.05, 4.69) is 28.2 Å². The average molecular weight is 300 g/mol. The van der Waals surface area contributed by atoms with Gasteiger partial charge in [0.05, 0.1) is 0 Å². The molecule has 1 aliphatic carbocycles. The van der Waals surface area contributed by atoms with Crippen LogP contribution in [0.25, 0.3) is 0 Å². The largest absolute Gasteiger partial charge is 0.316 e. The molecule has 1 nitrogen and oxygen atoms in total. The van der Waals surface area contributed by atoms with Crippen LogP contribution in [0.2, 0.25) is 0 Å². The highest BCUT2D eigenvalue weighted by Crippen LogP contribution is 2.38. The van der Waals surface area contributed by atoms with E-state index in [0.29, 0.717) is 12.0 Å². The Hall–Kier alpha value is -0.410. The fraction of sp³-hybridized carbons (Fsp3) is 0.571. The van der Waals surface area contributed by atoms with Gasteiger partial charge < -0.3 is 5.32 Å². The van der Waals surface area contributed by atoms with E-state index >= 15 is 0 Å². The van der Waals surface area contributed by atoms with Gasteiger partial charge in [-0.1, -0.05) is 28.9 Å². The standard InChI is InChI=1S/C14H19BrFN/c1-9(10-3-4-10)14(17-2)7-11-5-6-12(15)8-13(11)16/h5-6,8-10,14,17H,3-4,7H2,1-2H3. The molecule has 0 saturated heterocycles. The predicted molar refractivity (Wildman–Crippen MR) is 72.5 cm³/mol. The van der Waals surface area contributed by atoms with Crippen LogP contribution in [-0.4, -0.2) is 13.1 Å². The molecule has 3 heteroatoms. The first kappa shape index (κ1) is 13.0. The van der Waals surface area contributed by atoms with Gasteiger partial charge in [-0.15, -0.1) is 0 Å². The lowest BCUT2D eigenvalue weighted by molar-refractivity contribution is 0.354. The van der Waals surface area contributed by atoms with Crippen molar-refractivity contribution in [2.45, 2.75) is 32.2 Å².